The van der Waals surface area contributed by atoms with E-state index in [0.29, 0.717) is 26.4 Å². The van der Waals surface area contributed by atoms with Crippen LogP contribution in [0.5, 0.6) is 0 Å². The minimum atomic E-state index is -1.01. The topological polar surface area (TPSA) is 89.5 Å². The summed E-state index contributed by atoms with van der Waals surface area (Å²) in [6.07, 6.45) is 0.0305. The Morgan fingerprint density at radius 3 is 1.35 bits per heavy atom. The van der Waals surface area contributed by atoms with E-state index in [9.17, 15) is 9.59 Å². The first-order valence-electron chi connectivity index (χ1n) is 7.43. The van der Waals surface area contributed by atoms with E-state index in [-0.39, 0.29) is 12.8 Å². The highest BCUT2D eigenvalue weighted by atomic mass is 16.7. The summed E-state index contributed by atoms with van der Waals surface area (Å²) in [5.74, 6) is -2.81. The minimum Gasteiger partial charge on any atom is -0.469 e. The van der Waals surface area contributed by atoms with E-state index in [1.54, 1.807) is 13.8 Å². The Balaban J connectivity index is 1.88. The van der Waals surface area contributed by atoms with Crippen molar-refractivity contribution in [3.05, 3.63) is 0 Å². The largest absolute Gasteiger partial charge is 0.469 e. The Hall–Kier alpha value is -1.22. The molecule has 2 aliphatic rings. The standard InChI is InChI=1S/C15H24O8/c1-13(5-11(16)18-3)20-7-15(8-21-13)9-22-14(2,23-10-15)6-12(17)19-4/h5-10H2,1-4H3. The van der Waals surface area contributed by atoms with Gasteiger partial charge in [0.15, 0.2) is 11.6 Å². The molecular formula is C15H24O8. The predicted molar refractivity (Wildman–Crippen MR) is 76.3 cm³/mol. The Kier molecular flexibility index (Phi) is 5.30. The normalized spacial score (nSPS) is 37.4. The summed E-state index contributed by atoms with van der Waals surface area (Å²) in [6, 6.07) is 0. The molecule has 0 unspecified atom stereocenters. The molecule has 2 aliphatic heterocycles. The zero-order valence-corrected chi connectivity index (χ0v) is 14.0. The summed E-state index contributed by atoms with van der Waals surface area (Å²) in [5.41, 5.74) is -0.453. The summed E-state index contributed by atoms with van der Waals surface area (Å²) < 4.78 is 32.2. The molecule has 0 saturated carbocycles. The second kappa shape index (κ2) is 6.72. The maximum atomic E-state index is 11.4. The third kappa shape index (κ3) is 4.41. The highest BCUT2D eigenvalue weighted by molar-refractivity contribution is 5.70. The summed E-state index contributed by atoms with van der Waals surface area (Å²) >= 11 is 0. The zero-order chi connectivity index (χ0) is 17.1. The van der Waals surface area contributed by atoms with Crippen LogP contribution in [-0.4, -0.2) is 64.2 Å². The van der Waals surface area contributed by atoms with Crippen molar-refractivity contribution >= 4 is 11.9 Å². The van der Waals surface area contributed by atoms with Gasteiger partial charge in [-0.25, -0.2) is 0 Å². The van der Waals surface area contributed by atoms with Gasteiger partial charge in [-0.15, -0.1) is 0 Å². The monoisotopic (exact) mass is 332 g/mol. The first kappa shape index (κ1) is 18.1. The van der Waals surface area contributed by atoms with E-state index in [0.717, 1.165) is 0 Å². The highest BCUT2D eigenvalue weighted by Crippen LogP contribution is 2.38. The van der Waals surface area contributed by atoms with Gasteiger partial charge in [0.2, 0.25) is 0 Å². The second-order valence-corrected chi connectivity index (χ2v) is 6.43. The molecular weight excluding hydrogens is 308 g/mol. The minimum absolute atomic E-state index is 0.0152. The van der Waals surface area contributed by atoms with Crippen molar-refractivity contribution in [3.63, 3.8) is 0 Å². The molecule has 0 bridgehead atoms. The van der Waals surface area contributed by atoms with E-state index < -0.39 is 28.9 Å². The quantitative estimate of drug-likeness (QED) is 0.692. The van der Waals surface area contributed by atoms with E-state index in [4.69, 9.17) is 18.9 Å². The number of methoxy groups -OCH3 is 2. The number of ether oxygens (including phenoxy) is 6. The fourth-order valence-corrected chi connectivity index (χ4v) is 2.43. The van der Waals surface area contributed by atoms with Crippen molar-refractivity contribution in [2.24, 2.45) is 5.41 Å². The Morgan fingerprint density at radius 1 is 0.783 bits per heavy atom. The van der Waals surface area contributed by atoms with Gasteiger partial charge in [0.1, 0.15) is 0 Å². The highest BCUT2D eigenvalue weighted by Gasteiger charge is 2.49. The number of rotatable bonds is 4. The third-order valence-corrected chi connectivity index (χ3v) is 4.12. The molecule has 0 N–H and O–H groups in total. The van der Waals surface area contributed by atoms with Crippen LogP contribution in [0, 0.1) is 5.41 Å². The van der Waals surface area contributed by atoms with Crippen LogP contribution in [-0.2, 0) is 38.0 Å². The van der Waals surface area contributed by atoms with Crippen LogP contribution in [0.25, 0.3) is 0 Å². The van der Waals surface area contributed by atoms with Crippen molar-refractivity contribution in [2.75, 3.05) is 40.6 Å². The first-order chi connectivity index (χ1) is 10.7. The molecule has 0 amide bonds. The molecule has 8 heteroatoms. The van der Waals surface area contributed by atoms with Crippen molar-refractivity contribution in [1.29, 1.82) is 0 Å². The van der Waals surface area contributed by atoms with E-state index >= 15 is 0 Å². The SMILES string of the molecule is COC(=O)CC1(C)OCC2(CO1)COC(C)(CC(=O)OC)OC2. The molecule has 2 fully saturated rings. The lowest BCUT2D eigenvalue weighted by Gasteiger charge is -2.49. The van der Waals surface area contributed by atoms with Crippen molar-refractivity contribution in [3.8, 4) is 0 Å². The summed E-state index contributed by atoms with van der Waals surface area (Å²) in [7, 11) is 2.64. The zero-order valence-electron chi connectivity index (χ0n) is 14.0. The van der Waals surface area contributed by atoms with Crippen LogP contribution in [0.1, 0.15) is 26.7 Å². The number of hydrogen-bond donors (Lipinski definition) is 0. The van der Waals surface area contributed by atoms with Crippen LogP contribution in [0.2, 0.25) is 0 Å². The molecule has 0 aromatic carbocycles. The molecule has 0 aromatic heterocycles. The lowest BCUT2D eigenvalue weighted by atomic mass is 9.89. The Morgan fingerprint density at radius 2 is 1.09 bits per heavy atom. The smallest absolute Gasteiger partial charge is 0.310 e. The van der Waals surface area contributed by atoms with Gasteiger partial charge in [-0.3, -0.25) is 9.59 Å². The Labute approximate surface area is 135 Å². The van der Waals surface area contributed by atoms with Crippen LogP contribution in [0.3, 0.4) is 0 Å². The summed E-state index contributed by atoms with van der Waals surface area (Å²) in [4.78, 5) is 22.8. The molecule has 0 aliphatic carbocycles. The van der Waals surface area contributed by atoms with Crippen LogP contribution in [0.4, 0.5) is 0 Å². The average Bonchev–Trinajstić information content (AvgIpc) is 2.53. The van der Waals surface area contributed by atoms with Gasteiger partial charge in [0, 0.05) is 0 Å². The summed E-state index contributed by atoms with van der Waals surface area (Å²) in [5, 5.41) is 0. The third-order valence-electron chi connectivity index (χ3n) is 4.12. The van der Waals surface area contributed by atoms with Gasteiger partial charge in [-0.05, 0) is 13.8 Å². The molecule has 8 nitrogen and oxygen atoms in total. The lowest BCUT2D eigenvalue weighted by molar-refractivity contribution is -0.359. The Bertz CT molecular complexity index is 399. The molecule has 23 heavy (non-hydrogen) atoms. The number of esters is 2. The molecule has 0 atom stereocenters. The number of carbonyl (C=O) groups excluding carboxylic acids is 2. The van der Waals surface area contributed by atoms with Crippen molar-refractivity contribution in [2.45, 2.75) is 38.3 Å². The molecule has 132 valence electrons. The fraction of sp³-hybridized carbons (Fsp3) is 0.867. The van der Waals surface area contributed by atoms with Crippen LogP contribution in [0.15, 0.2) is 0 Å². The van der Waals surface area contributed by atoms with Gasteiger partial charge in [-0.2, -0.15) is 0 Å². The van der Waals surface area contributed by atoms with Gasteiger partial charge < -0.3 is 28.4 Å². The molecule has 2 saturated heterocycles. The van der Waals surface area contributed by atoms with Crippen LogP contribution < -0.4 is 0 Å². The molecule has 0 aromatic rings. The first-order valence-corrected chi connectivity index (χ1v) is 7.43. The van der Waals surface area contributed by atoms with Gasteiger partial charge >= 0.3 is 11.9 Å². The molecule has 0 radical (unpaired) electrons. The number of hydrogen-bond acceptors (Lipinski definition) is 8. The maximum Gasteiger partial charge on any atom is 0.310 e. The molecule has 2 heterocycles. The number of carbonyl (C=O) groups is 2. The maximum absolute atomic E-state index is 11.4. The van der Waals surface area contributed by atoms with Crippen molar-refractivity contribution in [1.82, 2.24) is 0 Å². The van der Waals surface area contributed by atoms with Crippen molar-refractivity contribution < 1.29 is 38.0 Å². The van der Waals surface area contributed by atoms with E-state index in [1.165, 1.54) is 14.2 Å². The molecule has 1 spiro atoms. The van der Waals surface area contributed by atoms with E-state index in [2.05, 4.69) is 9.47 Å². The fourth-order valence-electron chi connectivity index (χ4n) is 2.43. The molecule has 2 rings (SSSR count). The summed E-state index contributed by atoms with van der Waals surface area (Å²) in [6.45, 7) is 4.71. The average molecular weight is 332 g/mol. The lowest BCUT2D eigenvalue weighted by Crippen LogP contribution is -2.58. The van der Waals surface area contributed by atoms with Gasteiger partial charge in [0.05, 0.1) is 58.9 Å². The second-order valence-electron chi connectivity index (χ2n) is 6.43. The van der Waals surface area contributed by atoms with Crippen LogP contribution >= 0.6 is 0 Å². The van der Waals surface area contributed by atoms with Gasteiger partial charge in [0.25, 0.3) is 0 Å². The van der Waals surface area contributed by atoms with Gasteiger partial charge in [-0.1, -0.05) is 0 Å². The van der Waals surface area contributed by atoms with E-state index in [1.807, 2.05) is 0 Å². The predicted octanol–water partition coefficient (Wildman–Crippen LogP) is 0.625.